The number of nitro benzene ring substituents is 1. The molecule has 0 aliphatic heterocycles. The van der Waals surface area contributed by atoms with Gasteiger partial charge in [-0.25, -0.2) is 0 Å². The number of rotatable bonds is 5. The Morgan fingerprint density at radius 3 is 2.12 bits per heavy atom. The number of anilines is 2. The summed E-state index contributed by atoms with van der Waals surface area (Å²) in [5.74, 6) is -0.219. The van der Waals surface area contributed by atoms with Crippen LogP contribution in [0.4, 0.5) is 17.1 Å². The monoisotopic (exact) mass is 361 g/mol. The molecule has 0 bridgehead atoms. The fourth-order valence-electron chi connectivity index (χ4n) is 2.78. The topological polar surface area (TPSA) is 84.3 Å². The number of amides is 1. The number of benzene rings is 2. The van der Waals surface area contributed by atoms with Crippen LogP contribution < -0.4 is 10.6 Å². The van der Waals surface area contributed by atoms with Crippen LogP contribution in [-0.4, -0.2) is 17.4 Å². The van der Waals surface area contributed by atoms with Crippen LogP contribution in [-0.2, 0) is 4.79 Å². The number of hydrogen-bond acceptors (Lipinski definition) is 4. The molecule has 2 rings (SSSR count). The number of non-ortho nitro benzene ring substituents is 1. The van der Waals surface area contributed by atoms with E-state index < -0.39 is 4.92 Å². The number of nitrogens with one attached hydrogen (secondary N) is 2. The summed E-state index contributed by atoms with van der Waals surface area (Å²) in [5, 5.41) is 16.9. The van der Waals surface area contributed by atoms with E-state index in [1.54, 1.807) is 6.92 Å². The molecule has 6 nitrogen and oxygen atoms in total. The Morgan fingerprint density at radius 1 is 1.04 bits per heavy atom. The van der Waals surface area contributed by atoms with E-state index in [1.165, 1.54) is 12.1 Å². The van der Waals surface area contributed by atoms with E-state index in [9.17, 15) is 14.9 Å². The molecular formula is C18H20ClN3O3. The third kappa shape index (κ3) is 4.48. The van der Waals surface area contributed by atoms with E-state index in [1.807, 2.05) is 32.9 Å². The zero-order chi connectivity index (χ0) is 18.7. The lowest BCUT2D eigenvalue weighted by Crippen LogP contribution is -2.23. The zero-order valence-corrected chi connectivity index (χ0v) is 15.3. The minimum absolute atomic E-state index is 0.00509. The van der Waals surface area contributed by atoms with Gasteiger partial charge < -0.3 is 10.6 Å². The number of carbonyl (C=O) groups is 1. The molecular weight excluding hydrogens is 342 g/mol. The van der Waals surface area contributed by atoms with Crippen LogP contribution in [0.1, 0.15) is 22.3 Å². The SMILES string of the molecule is Cc1cc(C)c(NC(=O)CNc2c(C)cc([N+](=O)[O-])cc2Cl)c(C)c1. The first-order valence-corrected chi connectivity index (χ1v) is 8.13. The third-order valence-electron chi connectivity index (χ3n) is 3.85. The fourth-order valence-corrected chi connectivity index (χ4v) is 3.11. The largest absolute Gasteiger partial charge is 0.375 e. The van der Waals surface area contributed by atoms with Crippen molar-refractivity contribution in [2.45, 2.75) is 27.7 Å². The van der Waals surface area contributed by atoms with Gasteiger partial charge in [0, 0.05) is 17.8 Å². The lowest BCUT2D eigenvalue weighted by molar-refractivity contribution is -0.384. The minimum atomic E-state index is -0.502. The molecule has 0 radical (unpaired) electrons. The average molecular weight is 362 g/mol. The second-order valence-corrected chi connectivity index (χ2v) is 6.46. The molecule has 0 saturated heterocycles. The van der Waals surface area contributed by atoms with Crippen molar-refractivity contribution in [1.29, 1.82) is 0 Å². The Balaban J connectivity index is 2.10. The van der Waals surface area contributed by atoms with E-state index in [0.29, 0.717) is 11.3 Å². The molecule has 0 heterocycles. The van der Waals surface area contributed by atoms with Gasteiger partial charge in [-0.15, -0.1) is 0 Å². The van der Waals surface area contributed by atoms with E-state index in [4.69, 9.17) is 11.6 Å². The maximum Gasteiger partial charge on any atom is 0.271 e. The summed E-state index contributed by atoms with van der Waals surface area (Å²) in [6, 6.07) is 6.70. The number of hydrogen-bond donors (Lipinski definition) is 2. The summed E-state index contributed by atoms with van der Waals surface area (Å²) < 4.78 is 0. The Kier molecular flexibility index (Phi) is 5.64. The first-order valence-electron chi connectivity index (χ1n) is 7.75. The smallest absolute Gasteiger partial charge is 0.271 e. The minimum Gasteiger partial charge on any atom is -0.375 e. The molecule has 7 heteroatoms. The Bertz CT molecular complexity index is 803. The van der Waals surface area contributed by atoms with Gasteiger partial charge in [-0.1, -0.05) is 29.3 Å². The van der Waals surface area contributed by atoms with Crippen molar-refractivity contribution >= 4 is 34.6 Å². The van der Waals surface area contributed by atoms with Crippen LogP contribution in [0.25, 0.3) is 0 Å². The number of nitro groups is 1. The first-order chi connectivity index (χ1) is 11.7. The highest BCUT2D eigenvalue weighted by molar-refractivity contribution is 6.33. The molecule has 2 aromatic rings. The van der Waals surface area contributed by atoms with Gasteiger partial charge in [-0.3, -0.25) is 14.9 Å². The summed E-state index contributed by atoms with van der Waals surface area (Å²) >= 11 is 6.09. The molecule has 0 saturated carbocycles. The lowest BCUT2D eigenvalue weighted by atomic mass is 10.1. The van der Waals surface area contributed by atoms with Crippen molar-refractivity contribution in [3.63, 3.8) is 0 Å². The molecule has 1 amide bonds. The number of halogens is 1. The molecule has 2 N–H and O–H groups in total. The van der Waals surface area contributed by atoms with Gasteiger partial charge in [0.1, 0.15) is 0 Å². The predicted octanol–water partition coefficient (Wildman–Crippen LogP) is 4.53. The maximum atomic E-state index is 12.2. The molecule has 0 aromatic heterocycles. The summed E-state index contributed by atoms with van der Waals surface area (Å²) in [5.41, 5.74) is 4.96. The normalized spacial score (nSPS) is 10.4. The second kappa shape index (κ2) is 7.53. The second-order valence-electron chi connectivity index (χ2n) is 6.05. The van der Waals surface area contributed by atoms with Crippen molar-refractivity contribution in [2.24, 2.45) is 0 Å². The van der Waals surface area contributed by atoms with E-state index in [-0.39, 0.29) is 23.2 Å². The molecule has 0 atom stereocenters. The third-order valence-corrected chi connectivity index (χ3v) is 4.15. The summed E-state index contributed by atoms with van der Waals surface area (Å²) in [6.07, 6.45) is 0. The van der Waals surface area contributed by atoms with Crippen LogP contribution in [0.5, 0.6) is 0 Å². The van der Waals surface area contributed by atoms with Crippen molar-refractivity contribution in [3.8, 4) is 0 Å². The molecule has 0 aliphatic carbocycles. The Labute approximate surface area is 151 Å². The van der Waals surface area contributed by atoms with Crippen LogP contribution in [0.2, 0.25) is 5.02 Å². The maximum absolute atomic E-state index is 12.2. The van der Waals surface area contributed by atoms with Crippen molar-refractivity contribution in [2.75, 3.05) is 17.2 Å². The Hall–Kier alpha value is -2.60. The van der Waals surface area contributed by atoms with Gasteiger partial charge in [0.05, 0.1) is 22.2 Å². The quantitative estimate of drug-likeness (QED) is 0.605. The Morgan fingerprint density at radius 2 is 1.60 bits per heavy atom. The first kappa shape index (κ1) is 18.7. The van der Waals surface area contributed by atoms with Crippen molar-refractivity contribution < 1.29 is 9.72 Å². The molecule has 132 valence electrons. The molecule has 0 spiro atoms. The number of aryl methyl sites for hydroxylation is 4. The summed E-state index contributed by atoms with van der Waals surface area (Å²) in [6.45, 7) is 7.60. The zero-order valence-electron chi connectivity index (χ0n) is 14.6. The highest BCUT2D eigenvalue weighted by atomic mass is 35.5. The van der Waals surface area contributed by atoms with Gasteiger partial charge >= 0.3 is 0 Å². The summed E-state index contributed by atoms with van der Waals surface area (Å²) in [4.78, 5) is 22.6. The fraction of sp³-hybridized carbons (Fsp3) is 0.278. The van der Waals surface area contributed by atoms with E-state index in [0.717, 1.165) is 22.4 Å². The van der Waals surface area contributed by atoms with Crippen LogP contribution in [0.3, 0.4) is 0 Å². The average Bonchev–Trinajstić information content (AvgIpc) is 2.49. The van der Waals surface area contributed by atoms with Crippen LogP contribution in [0, 0.1) is 37.8 Å². The molecule has 0 fully saturated rings. The van der Waals surface area contributed by atoms with Gasteiger partial charge in [0.25, 0.3) is 5.69 Å². The van der Waals surface area contributed by atoms with Gasteiger partial charge in [0.2, 0.25) is 5.91 Å². The van der Waals surface area contributed by atoms with Crippen molar-refractivity contribution in [3.05, 3.63) is 61.7 Å². The lowest BCUT2D eigenvalue weighted by Gasteiger charge is -2.15. The highest BCUT2D eigenvalue weighted by Gasteiger charge is 2.14. The summed E-state index contributed by atoms with van der Waals surface area (Å²) in [7, 11) is 0. The molecule has 0 aliphatic rings. The number of nitrogens with zero attached hydrogens (tertiary/aromatic N) is 1. The highest BCUT2D eigenvalue weighted by Crippen LogP contribution is 2.30. The van der Waals surface area contributed by atoms with Crippen LogP contribution in [0.15, 0.2) is 24.3 Å². The van der Waals surface area contributed by atoms with Gasteiger partial charge in [-0.05, 0) is 44.4 Å². The number of carbonyl (C=O) groups excluding carboxylic acids is 1. The van der Waals surface area contributed by atoms with E-state index >= 15 is 0 Å². The van der Waals surface area contributed by atoms with Crippen molar-refractivity contribution in [1.82, 2.24) is 0 Å². The molecule has 2 aromatic carbocycles. The molecule has 0 unspecified atom stereocenters. The van der Waals surface area contributed by atoms with Gasteiger partial charge in [-0.2, -0.15) is 0 Å². The van der Waals surface area contributed by atoms with Gasteiger partial charge in [0.15, 0.2) is 0 Å². The van der Waals surface area contributed by atoms with Crippen LogP contribution >= 0.6 is 11.6 Å². The predicted molar refractivity (Wildman–Crippen MR) is 101 cm³/mol. The standard InChI is InChI=1S/C18H20ClN3O3/c1-10-5-11(2)17(12(3)6-10)21-16(23)9-20-18-13(4)7-14(22(24)25)8-15(18)19/h5-8,20H,9H2,1-4H3,(H,21,23). The molecule has 25 heavy (non-hydrogen) atoms. The van der Waals surface area contributed by atoms with E-state index in [2.05, 4.69) is 10.6 Å².